The number of methoxy groups -OCH3 is 2. The van der Waals surface area contributed by atoms with Gasteiger partial charge in [0.1, 0.15) is 11.5 Å². The molecule has 2 aliphatic rings. The average Bonchev–Trinajstić information content (AvgIpc) is 3.16. The first-order valence-electron chi connectivity index (χ1n) is 8.24. The Hall–Kier alpha value is -1.44. The number of ether oxygens (including phenoxy) is 2. The summed E-state index contributed by atoms with van der Waals surface area (Å²) in [6, 6.07) is 5.97. The molecular formula is C17H25N3O3S. The minimum absolute atomic E-state index is 0.00388. The molecule has 2 aliphatic heterocycles. The molecule has 1 atom stereocenters. The normalized spacial score (nSPS) is 21.8. The number of piperazine rings is 1. The summed E-state index contributed by atoms with van der Waals surface area (Å²) in [5, 5.41) is 3.26. The first-order chi connectivity index (χ1) is 11.7. The summed E-state index contributed by atoms with van der Waals surface area (Å²) in [5.41, 5.74) is 1.17. The van der Waals surface area contributed by atoms with E-state index in [0.717, 1.165) is 55.9 Å². The summed E-state index contributed by atoms with van der Waals surface area (Å²) in [6.07, 6.45) is 0. The van der Waals surface area contributed by atoms with Crippen LogP contribution in [-0.2, 0) is 11.3 Å². The standard InChI is InChI=1S/C17H25N3O3S/c1-22-14-7-13(8-15(9-14)23-2)10-19-3-5-20(6-4-19)17(21)16-11-24-12-18-16/h7-9,16,18H,3-6,10-12H2,1-2H3. The Kier molecular flexibility index (Phi) is 5.86. The summed E-state index contributed by atoms with van der Waals surface area (Å²) in [7, 11) is 3.33. The Bertz CT molecular complexity index is 548. The average molecular weight is 351 g/mol. The molecule has 1 aromatic rings. The molecule has 1 amide bonds. The second-order valence-corrected chi connectivity index (χ2v) is 7.12. The molecule has 24 heavy (non-hydrogen) atoms. The molecule has 0 saturated carbocycles. The van der Waals surface area contributed by atoms with E-state index < -0.39 is 0 Å². The van der Waals surface area contributed by atoms with E-state index in [1.807, 2.05) is 23.1 Å². The van der Waals surface area contributed by atoms with Gasteiger partial charge in [-0.3, -0.25) is 15.0 Å². The number of carbonyl (C=O) groups excluding carboxylic acids is 1. The third-order valence-electron chi connectivity index (χ3n) is 4.52. The molecule has 132 valence electrons. The summed E-state index contributed by atoms with van der Waals surface area (Å²) < 4.78 is 10.7. The highest BCUT2D eigenvalue weighted by atomic mass is 32.2. The van der Waals surface area contributed by atoms with E-state index in [-0.39, 0.29) is 11.9 Å². The first kappa shape index (κ1) is 17.4. The van der Waals surface area contributed by atoms with Crippen LogP contribution in [0.4, 0.5) is 0 Å². The van der Waals surface area contributed by atoms with E-state index >= 15 is 0 Å². The van der Waals surface area contributed by atoms with Crippen LogP contribution < -0.4 is 14.8 Å². The molecule has 3 rings (SSSR count). The van der Waals surface area contributed by atoms with Crippen LogP contribution in [0.1, 0.15) is 5.56 Å². The van der Waals surface area contributed by atoms with Crippen molar-refractivity contribution < 1.29 is 14.3 Å². The fourth-order valence-corrected chi connectivity index (χ4v) is 4.05. The van der Waals surface area contributed by atoms with Crippen LogP contribution in [0.25, 0.3) is 0 Å². The van der Waals surface area contributed by atoms with Crippen molar-refractivity contribution in [2.24, 2.45) is 0 Å². The summed E-state index contributed by atoms with van der Waals surface area (Å²) in [6.45, 7) is 4.22. The Balaban J connectivity index is 1.54. The molecule has 0 spiro atoms. The second kappa shape index (κ2) is 8.09. The van der Waals surface area contributed by atoms with E-state index in [0.29, 0.717) is 0 Å². The van der Waals surface area contributed by atoms with E-state index in [9.17, 15) is 4.79 Å². The third-order valence-corrected chi connectivity index (χ3v) is 5.46. The maximum Gasteiger partial charge on any atom is 0.240 e. The first-order valence-corrected chi connectivity index (χ1v) is 9.39. The lowest BCUT2D eigenvalue weighted by Gasteiger charge is -2.36. The lowest BCUT2D eigenvalue weighted by atomic mass is 10.1. The van der Waals surface area contributed by atoms with Gasteiger partial charge in [-0.1, -0.05) is 0 Å². The number of benzene rings is 1. The van der Waals surface area contributed by atoms with Crippen molar-refractivity contribution >= 4 is 17.7 Å². The predicted octanol–water partition coefficient (Wildman–Crippen LogP) is 1.01. The largest absolute Gasteiger partial charge is 0.497 e. The van der Waals surface area contributed by atoms with Gasteiger partial charge in [0.05, 0.1) is 20.3 Å². The van der Waals surface area contributed by atoms with Gasteiger partial charge in [-0.25, -0.2) is 0 Å². The fraction of sp³-hybridized carbons (Fsp3) is 0.588. The van der Waals surface area contributed by atoms with Crippen LogP contribution in [-0.4, -0.2) is 73.8 Å². The minimum atomic E-state index is 0.00388. The SMILES string of the molecule is COc1cc(CN2CCN(C(=O)C3CSCN3)CC2)cc(OC)c1. The fourth-order valence-electron chi connectivity index (χ4n) is 3.12. The molecular weight excluding hydrogens is 326 g/mol. The smallest absolute Gasteiger partial charge is 0.240 e. The van der Waals surface area contributed by atoms with Gasteiger partial charge in [0.2, 0.25) is 5.91 Å². The van der Waals surface area contributed by atoms with Crippen molar-refractivity contribution in [1.29, 1.82) is 0 Å². The lowest BCUT2D eigenvalue weighted by Crippen LogP contribution is -2.53. The van der Waals surface area contributed by atoms with Crippen molar-refractivity contribution in [2.45, 2.75) is 12.6 Å². The summed E-state index contributed by atoms with van der Waals surface area (Å²) >= 11 is 1.79. The molecule has 6 nitrogen and oxygen atoms in total. The van der Waals surface area contributed by atoms with Gasteiger partial charge in [0.15, 0.2) is 0 Å². The Morgan fingerprint density at radius 3 is 2.38 bits per heavy atom. The van der Waals surface area contributed by atoms with Gasteiger partial charge in [-0.2, -0.15) is 0 Å². The van der Waals surface area contributed by atoms with Crippen molar-refractivity contribution in [3.8, 4) is 11.5 Å². The van der Waals surface area contributed by atoms with E-state index in [4.69, 9.17) is 9.47 Å². The number of rotatable bonds is 5. The number of hydrogen-bond acceptors (Lipinski definition) is 6. The summed E-state index contributed by atoms with van der Waals surface area (Å²) in [4.78, 5) is 16.8. The second-order valence-electron chi connectivity index (χ2n) is 6.09. The maximum atomic E-state index is 12.4. The van der Waals surface area contributed by atoms with E-state index in [1.165, 1.54) is 5.56 Å². The molecule has 2 saturated heterocycles. The van der Waals surface area contributed by atoms with Crippen LogP contribution >= 0.6 is 11.8 Å². The van der Waals surface area contributed by atoms with Gasteiger partial charge < -0.3 is 14.4 Å². The molecule has 0 bridgehead atoms. The van der Waals surface area contributed by atoms with Gasteiger partial charge in [-0.05, 0) is 17.7 Å². The van der Waals surface area contributed by atoms with Crippen molar-refractivity contribution in [3.63, 3.8) is 0 Å². The van der Waals surface area contributed by atoms with E-state index in [2.05, 4.69) is 10.2 Å². The van der Waals surface area contributed by atoms with Crippen LogP contribution in [0.5, 0.6) is 11.5 Å². The van der Waals surface area contributed by atoms with Crippen LogP contribution in [0, 0.1) is 0 Å². The third kappa shape index (κ3) is 4.15. The molecule has 7 heteroatoms. The maximum absolute atomic E-state index is 12.4. The zero-order valence-electron chi connectivity index (χ0n) is 14.3. The zero-order valence-corrected chi connectivity index (χ0v) is 15.1. The molecule has 0 aromatic heterocycles. The number of nitrogens with zero attached hydrogens (tertiary/aromatic N) is 2. The molecule has 2 heterocycles. The Morgan fingerprint density at radius 1 is 1.17 bits per heavy atom. The Morgan fingerprint density at radius 2 is 1.83 bits per heavy atom. The molecule has 2 fully saturated rings. The van der Waals surface area contributed by atoms with Crippen LogP contribution in [0.15, 0.2) is 18.2 Å². The lowest BCUT2D eigenvalue weighted by molar-refractivity contribution is -0.134. The van der Waals surface area contributed by atoms with E-state index in [1.54, 1.807) is 26.0 Å². The highest BCUT2D eigenvalue weighted by molar-refractivity contribution is 7.99. The highest BCUT2D eigenvalue weighted by Gasteiger charge is 2.29. The van der Waals surface area contributed by atoms with Gasteiger partial charge in [0.25, 0.3) is 0 Å². The van der Waals surface area contributed by atoms with Crippen molar-refractivity contribution in [1.82, 2.24) is 15.1 Å². The molecule has 0 aliphatic carbocycles. The zero-order chi connectivity index (χ0) is 16.9. The number of amides is 1. The predicted molar refractivity (Wildman–Crippen MR) is 95.7 cm³/mol. The van der Waals surface area contributed by atoms with Crippen LogP contribution in [0.3, 0.4) is 0 Å². The van der Waals surface area contributed by atoms with Gasteiger partial charge >= 0.3 is 0 Å². The van der Waals surface area contributed by atoms with Crippen LogP contribution in [0.2, 0.25) is 0 Å². The number of nitrogens with one attached hydrogen (secondary N) is 1. The minimum Gasteiger partial charge on any atom is -0.497 e. The molecule has 1 N–H and O–H groups in total. The van der Waals surface area contributed by atoms with Gasteiger partial charge in [0, 0.05) is 50.4 Å². The topological polar surface area (TPSA) is 54.0 Å². The summed E-state index contributed by atoms with van der Waals surface area (Å²) in [5.74, 6) is 3.64. The monoisotopic (exact) mass is 351 g/mol. The number of hydrogen-bond donors (Lipinski definition) is 1. The molecule has 1 aromatic carbocycles. The Labute approximate surface area is 147 Å². The van der Waals surface area contributed by atoms with Gasteiger partial charge in [-0.15, -0.1) is 11.8 Å². The van der Waals surface area contributed by atoms with Crippen molar-refractivity contribution in [2.75, 3.05) is 52.0 Å². The highest BCUT2D eigenvalue weighted by Crippen LogP contribution is 2.24. The molecule has 0 radical (unpaired) electrons. The molecule has 1 unspecified atom stereocenters. The van der Waals surface area contributed by atoms with Crippen molar-refractivity contribution in [3.05, 3.63) is 23.8 Å². The number of thioether (sulfide) groups is 1. The number of carbonyl (C=O) groups is 1. The quantitative estimate of drug-likeness (QED) is 0.855.